The molecule has 0 heterocycles. The molecule has 7 heteroatoms. The monoisotopic (exact) mass is 303 g/mol. The van der Waals surface area contributed by atoms with Crippen LogP contribution in [0.15, 0.2) is 18.2 Å². The Bertz CT molecular complexity index is 482. The van der Waals surface area contributed by atoms with Crippen LogP contribution < -0.4 is 9.47 Å². The van der Waals surface area contributed by atoms with Crippen LogP contribution in [0.5, 0.6) is 11.5 Å². The largest absolute Gasteiger partial charge is 0.490 e. The molecule has 0 saturated heterocycles. The number of ether oxygens (including phenoxy) is 2. The molecular formula is C14H19F2NO4. The second kappa shape index (κ2) is 7.78. The molecule has 0 radical (unpaired) electrons. The third kappa shape index (κ3) is 5.18. The Morgan fingerprint density at radius 2 is 2.05 bits per heavy atom. The van der Waals surface area contributed by atoms with E-state index in [4.69, 9.17) is 9.84 Å². The number of carbonyl (C=O) groups is 1. The minimum Gasteiger partial charge on any atom is -0.490 e. The van der Waals surface area contributed by atoms with Crippen LogP contribution in [0.4, 0.5) is 8.78 Å². The van der Waals surface area contributed by atoms with E-state index in [-0.39, 0.29) is 11.5 Å². The molecule has 118 valence electrons. The Morgan fingerprint density at radius 3 is 2.57 bits per heavy atom. The smallest absolute Gasteiger partial charge is 0.387 e. The van der Waals surface area contributed by atoms with E-state index in [1.807, 2.05) is 0 Å². The molecule has 21 heavy (non-hydrogen) atoms. The van der Waals surface area contributed by atoms with E-state index >= 15 is 0 Å². The van der Waals surface area contributed by atoms with Crippen molar-refractivity contribution in [1.82, 2.24) is 4.90 Å². The summed E-state index contributed by atoms with van der Waals surface area (Å²) in [6.45, 7) is 1.04. The molecule has 0 spiro atoms. The molecule has 1 aromatic carbocycles. The van der Waals surface area contributed by atoms with Gasteiger partial charge < -0.3 is 14.6 Å². The van der Waals surface area contributed by atoms with E-state index in [0.29, 0.717) is 13.2 Å². The third-order valence-electron chi connectivity index (χ3n) is 2.97. The summed E-state index contributed by atoms with van der Waals surface area (Å²) in [5.74, 6) is -0.753. The lowest BCUT2D eigenvalue weighted by Gasteiger charge is -2.21. The van der Waals surface area contributed by atoms with Crippen LogP contribution in [0.2, 0.25) is 0 Å². The number of halogens is 2. The lowest BCUT2D eigenvalue weighted by atomic mass is 10.1. The summed E-state index contributed by atoms with van der Waals surface area (Å²) in [6.07, 6.45) is 0. The average molecular weight is 303 g/mol. The van der Waals surface area contributed by atoms with Crippen LogP contribution in [0.3, 0.4) is 0 Å². The van der Waals surface area contributed by atoms with Crippen molar-refractivity contribution >= 4 is 5.97 Å². The average Bonchev–Trinajstić information content (AvgIpc) is 2.40. The summed E-state index contributed by atoms with van der Waals surface area (Å²) < 4.78 is 34.2. The molecule has 0 aliphatic rings. The predicted molar refractivity (Wildman–Crippen MR) is 72.8 cm³/mol. The van der Waals surface area contributed by atoms with Crippen LogP contribution in [-0.2, 0) is 11.3 Å². The highest BCUT2D eigenvalue weighted by atomic mass is 19.3. The normalized spacial score (nSPS) is 12.5. The van der Waals surface area contributed by atoms with E-state index in [2.05, 4.69) is 4.74 Å². The zero-order valence-corrected chi connectivity index (χ0v) is 12.2. The Hall–Kier alpha value is -1.89. The molecule has 0 aliphatic carbocycles. The number of aliphatic carboxylic acids is 1. The molecule has 0 saturated carbocycles. The lowest BCUT2D eigenvalue weighted by Crippen LogP contribution is -2.35. The van der Waals surface area contributed by atoms with Gasteiger partial charge >= 0.3 is 12.6 Å². The van der Waals surface area contributed by atoms with Gasteiger partial charge in [0.2, 0.25) is 0 Å². The number of benzene rings is 1. The maximum atomic E-state index is 12.3. The minimum atomic E-state index is -2.93. The molecule has 0 amide bonds. The summed E-state index contributed by atoms with van der Waals surface area (Å²) in [7, 11) is 1.67. The number of hydrogen-bond acceptors (Lipinski definition) is 4. The lowest BCUT2D eigenvalue weighted by molar-refractivity contribution is -0.142. The Kier molecular flexibility index (Phi) is 6.36. The van der Waals surface area contributed by atoms with Gasteiger partial charge in [0.1, 0.15) is 6.04 Å². The molecule has 5 nitrogen and oxygen atoms in total. The van der Waals surface area contributed by atoms with E-state index in [9.17, 15) is 13.6 Å². The summed E-state index contributed by atoms with van der Waals surface area (Å²) >= 11 is 0. The fourth-order valence-corrected chi connectivity index (χ4v) is 1.73. The van der Waals surface area contributed by atoms with Gasteiger partial charge in [-0.3, -0.25) is 9.69 Å². The van der Waals surface area contributed by atoms with Gasteiger partial charge in [0.05, 0.1) is 6.61 Å². The second-order valence-electron chi connectivity index (χ2n) is 4.52. The van der Waals surface area contributed by atoms with Gasteiger partial charge in [0.15, 0.2) is 11.5 Å². The zero-order valence-electron chi connectivity index (χ0n) is 12.2. The van der Waals surface area contributed by atoms with E-state index in [1.54, 1.807) is 37.9 Å². The molecule has 1 rings (SSSR count). The molecule has 1 atom stereocenters. The Balaban J connectivity index is 2.89. The first-order valence-corrected chi connectivity index (χ1v) is 6.48. The number of hydrogen-bond donors (Lipinski definition) is 1. The van der Waals surface area contributed by atoms with Crippen LogP contribution in [-0.4, -0.2) is 42.3 Å². The van der Waals surface area contributed by atoms with Crippen molar-refractivity contribution in [3.63, 3.8) is 0 Å². The summed E-state index contributed by atoms with van der Waals surface area (Å²) in [4.78, 5) is 12.5. The molecule has 0 bridgehead atoms. The topological polar surface area (TPSA) is 59.0 Å². The van der Waals surface area contributed by atoms with E-state index < -0.39 is 18.6 Å². The summed E-state index contributed by atoms with van der Waals surface area (Å²) in [6, 6.07) is 3.92. The number of likely N-dealkylation sites (N-methyl/N-ethyl adjacent to an activating group) is 1. The first-order chi connectivity index (χ1) is 9.85. The Labute approximate surface area is 122 Å². The fourth-order valence-electron chi connectivity index (χ4n) is 1.73. The molecule has 1 aromatic rings. The van der Waals surface area contributed by atoms with E-state index in [0.717, 1.165) is 5.56 Å². The molecule has 1 unspecified atom stereocenters. The van der Waals surface area contributed by atoms with Gasteiger partial charge in [-0.1, -0.05) is 6.07 Å². The highest BCUT2D eigenvalue weighted by Gasteiger charge is 2.18. The summed E-state index contributed by atoms with van der Waals surface area (Å²) in [5, 5.41) is 8.94. The van der Waals surface area contributed by atoms with E-state index in [1.165, 1.54) is 6.07 Å². The fraction of sp³-hybridized carbons (Fsp3) is 0.500. The van der Waals surface area contributed by atoms with Gasteiger partial charge in [0, 0.05) is 6.54 Å². The molecule has 0 aliphatic heterocycles. The number of alkyl halides is 2. The van der Waals surface area contributed by atoms with Crippen molar-refractivity contribution in [3.05, 3.63) is 23.8 Å². The maximum absolute atomic E-state index is 12.3. The van der Waals surface area contributed by atoms with Crippen LogP contribution in [0.25, 0.3) is 0 Å². The third-order valence-corrected chi connectivity index (χ3v) is 2.97. The zero-order chi connectivity index (χ0) is 16.0. The van der Waals surface area contributed by atoms with Crippen LogP contribution in [0, 0.1) is 0 Å². The first-order valence-electron chi connectivity index (χ1n) is 6.48. The van der Waals surface area contributed by atoms with Gasteiger partial charge in [-0.15, -0.1) is 0 Å². The van der Waals surface area contributed by atoms with Gasteiger partial charge in [0.25, 0.3) is 0 Å². The van der Waals surface area contributed by atoms with Crippen molar-refractivity contribution in [2.24, 2.45) is 0 Å². The van der Waals surface area contributed by atoms with Crippen molar-refractivity contribution in [2.75, 3.05) is 13.7 Å². The first kappa shape index (κ1) is 17.2. The number of carboxylic acid groups (broad SMARTS) is 1. The Morgan fingerprint density at radius 1 is 1.38 bits per heavy atom. The highest BCUT2D eigenvalue weighted by molar-refractivity contribution is 5.72. The SMILES string of the molecule is CCOc1cc(CN(C)C(C)C(=O)O)ccc1OC(F)F. The van der Waals surface area contributed by atoms with Gasteiger partial charge in [-0.25, -0.2) is 0 Å². The predicted octanol–water partition coefficient (Wildman–Crippen LogP) is 2.59. The quantitative estimate of drug-likeness (QED) is 0.800. The molecule has 0 aromatic heterocycles. The van der Waals surface area contributed by atoms with Gasteiger partial charge in [-0.2, -0.15) is 8.78 Å². The standard InChI is InChI=1S/C14H19F2NO4/c1-4-20-12-7-10(5-6-11(12)21-14(15)16)8-17(3)9(2)13(18)19/h5-7,9,14H,4,8H2,1-3H3,(H,18,19). The van der Waals surface area contributed by atoms with Crippen LogP contribution >= 0.6 is 0 Å². The van der Waals surface area contributed by atoms with Crippen LogP contribution in [0.1, 0.15) is 19.4 Å². The second-order valence-corrected chi connectivity index (χ2v) is 4.52. The summed E-state index contributed by atoms with van der Waals surface area (Å²) in [5.41, 5.74) is 0.746. The number of rotatable bonds is 8. The molecule has 0 fully saturated rings. The van der Waals surface area contributed by atoms with Gasteiger partial charge in [-0.05, 0) is 38.6 Å². The molecule has 1 N–H and O–H groups in total. The maximum Gasteiger partial charge on any atom is 0.387 e. The minimum absolute atomic E-state index is 0.0375. The molecular weight excluding hydrogens is 284 g/mol. The highest BCUT2D eigenvalue weighted by Crippen LogP contribution is 2.30. The van der Waals surface area contributed by atoms with Crippen molar-refractivity contribution in [1.29, 1.82) is 0 Å². The van der Waals surface area contributed by atoms with Crippen molar-refractivity contribution < 1.29 is 28.2 Å². The number of nitrogens with zero attached hydrogens (tertiary/aromatic N) is 1. The van der Waals surface area contributed by atoms with Crippen molar-refractivity contribution in [3.8, 4) is 11.5 Å². The van der Waals surface area contributed by atoms with Crippen molar-refractivity contribution in [2.45, 2.75) is 33.0 Å². The number of carboxylic acids is 1.